The van der Waals surface area contributed by atoms with Crippen LogP contribution in [-0.4, -0.2) is 101 Å². The van der Waals surface area contributed by atoms with E-state index in [0.717, 1.165) is 56.9 Å². The number of aromatic nitrogens is 2. The summed E-state index contributed by atoms with van der Waals surface area (Å²) < 4.78 is 29.0. The number of nitrogens with zero attached hydrogens (tertiary/aromatic N) is 4. The SMILES string of the molecule is COc1nc(NCCCN2CCN(C)CC2)nc(OC)c1NC(=O)c1ccc(Oc2c(C)cc3c(c2OC)[Si](C)(C)CCC3)o1. The highest BCUT2D eigenvalue weighted by Gasteiger charge is 2.35. The summed E-state index contributed by atoms with van der Waals surface area (Å²) >= 11 is 0. The summed E-state index contributed by atoms with van der Waals surface area (Å²) in [5.74, 6) is 1.77. The number of carbonyl (C=O) groups is 1. The lowest BCUT2D eigenvalue weighted by Gasteiger charge is -2.33. The number of amides is 1. The normalized spacial score (nSPS) is 16.5. The van der Waals surface area contributed by atoms with E-state index >= 15 is 0 Å². The average Bonchev–Trinajstić information content (AvgIpc) is 3.49. The summed E-state index contributed by atoms with van der Waals surface area (Å²) in [6.07, 6.45) is 3.18. The number of anilines is 2. The quantitative estimate of drug-likeness (QED) is 0.217. The third kappa shape index (κ3) is 7.37. The van der Waals surface area contributed by atoms with Crippen LogP contribution >= 0.6 is 0 Å². The summed E-state index contributed by atoms with van der Waals surface area (Å²) in [6.45, 7) is 12.8. The van der Waals surface area contributed by atoms with Gasteiger partial charge >= 0.3 is 0 Å². The molecule has 0 atom stereocenters. The summed E-state index contributed by atoms with van der Waals surface area (Å²) in [4.78, 5) is 27.0. The van der Waals surface area contributed by atoms with Crippen LogP contribution in [0.25, 0.3) is 0 Å². The average molecular weight is 639 g/mol. The van der Waals surface area contributed by atoms with E-state index in [2.05, 4.69) is 56.6 Å². The molecule has 0 saturated carbocycles. The maximum atomic E-state index is 13.3. The second kappa shape index (κ2) is 14.1. The van der Waals surface area contributed by atoms with Gasteiger partial charge in [0.2, 0.25) is 17.7 Å². The van der Waals surface area contributed by atoms with Crippen molar-refractivity contribution in [3.63, 3.8) is 0 Å². The Hall–Kier alpha value is -3.81. The van der Waals surface area contributed by atoms with E-state index in [1.54, 1.807) is 19.2 Å². The van der Waals surface area contributed by atoms with Crippen LogP contribution in [0.1, 0.15) is 34.5 Å². The maximum absolute atomic E-state index is 13.3. The molecule has 45 heavy (non-hydrogen) atoms. The first-order valence-electron chi connectivity index (χ1n) is 15.6. The Labute approximate surface area is 266 Å². The number of rotatable bonds is 12. The van der Waals surface area contributed by atoms with Gasteiger partial charge < -0.3 is 43.8 Å². The molecule has 1 amide bonds. The molecule has 244 valence electrons. The number of hydrogen-bond donors (Lipinski definition) is 2. The van der Waals surface area contributed by atoms with Crippen molar-refractivity contribution < 1.29 is 28.2 Å². The number of likely N-dealkylation sites (N-methyl/N-ethyl adjacent to an activating group) is 1. The highest BCUT2D eigenvalue weighted by molar-refractivity contribution is 6.91. The van der Waals surface area contributed by atoms with E-state index in [0.29, 0.717) is 18.2 Å². The number of furan rings is 1. The third-order valence-electron chi connectivity index (χ3n) is 8.64. The summed E-state index contributed by atoms with van der Waals surface area (Å²) in [6, 6.07) is 6.58. The first-order chi connectivity index (χ1) is 21.6. The largest absolute Gasteiger partial charge is 0.493 e. The van der Waals surface area contributed by atoms with Gasteiger partial charge in [-0.2, -0.15) is 9.97 Å². The molecular formula is C32H46N6O6Si. The van der Waals surface area contributed by atoms with Crippen LogP contribution in [0.3, 0.4) is 0 Å². The van der Waals surface area contributed by atoms with E-state index in [1.807, 2.05) is 6.92 Å². The number of piperazine rings is 1. The van der Waals surface area contributed by atoms with Gasteiger partial charge in [0.05, 0.1) is 29.4 Å². The molecule has 2 N–H and O–H groups in total. The number of methoxy groups -OCH3 is 3. The second-order valence-corrected chi connectivity index (χ2v) is 17.1. The van der Waals surface area contributed by atoms with Crippen molar-refractivity contribution in [3.05, 3.63) is 35.1 Å². The smallest absolute Gasteiger partial charge is 0.291 e. The monoisotopic (exact) mass is 638 g/mol. The molecule has 4 heterocycles. The number of nitrogens with one attached hydrogen (secondary N) is 2. The lowest BCUT2D eigenvalue weighted by atomic mass is 10.0. The number of benzene rings is 1. The molecule has 1 fully saturated rings. The molecule has 13 heteroatoms. The molecule has 2 aromatic heterocycles. The Kier molecular flexibility index (Phi) is 10.2. The van der Waals surface area contributed by atoms with Gasteiger partial charge in [-0.05, 0) is 55.7 Å². The van der Waals surface area contributed by atoms with Gasteiger partial charge in [-0.1, -0.05) is 31.6 Å². The zero-order valence-corrected chi connectivity index (χ0v) is 28.5. The van der Waals surface area contributed by atoms with Crippen LogP contribution < -0.4 is 34.8 Å². The van der Waals surface area contributed by atoms with E-state index in [1.165, 1.54) is 37.4 Å². The van der Waals surface area contributed by atoms with Crippen LogP contribution in [0, 0.1) is 6.92 Å². The van der Waals surface area contributed by atoms with Crippen molar-refractivity contribution in [2.24, 2.45) is 0 Å². The highest BCUT2D eigenvalue weighted by Crippen LogP contribution is 2.40. The fourth-order valence-electron chi connectivity index (χ4n) is 6.19. The van der Waals surface area contributed by atoms with E-state index in [4.69, 9.17) is 23.4 Å². The molecular weight excluding hydrogens is 592 g/mol. The number of aryl methyl sites for hydroxylation is 2. The van der Waals surface area contributed by atoms with Gasteiger partial charge in [0, 0.05) is 38.8 Å². The maximum Gasteiger partial charge on any atom is 0.291 e. The van der Waals surface area contributed by atoms with Crippen molar-refractivity contribution in [2.45, 2.75) is 45.3 Å². The van der Waals surface area contributed by atoms with Crippen LogP contribution in [0.4, 0.5) is 11.6 Å². The van der Waals surface area contributed by atoms with Gasteiger partial charge in [0.25, 0.3) is 11.9 Å². The highest BCUT2D eigenvalue weighted by atomic mass is 28.3. The third-order valence-corrected chi connectivity index (χ3v) is 12.1. The van der Waals surface area contributed by atoms with Gasteiger partial charge in [-0.25, -0.2) is 0 Å². The predicted octanol–water partition coefficient (Wildman–Crippen LogP) is 4.36. The molecule has 0 spiro atoms. The van der Waals surface area contributed by atoms with Crippen molar-refractivity contribution in [3.8, 4) is 29.2 Å². The van der Waals surface area contributed by atoms with Crippen LogP contribution in [0.2, 0.25) is 19.1 Å². The van der Waals surface area contributed by atoms with Crippen molar-refractivity contribution >= 4 is 30.8 Å². The van der Waals surface area contributed by atoms with E-state index in [9.17, 15) is 4.79 Å². The Morgan fingerprint density at radius 3 is 2.40 bits per heavy atom. The summed E-state index contributed by atoms with van der Waals surface area (Å²) in [7, 11) is 5.10. The predicted molar refractivity (Wildman–Crippen MR) is 177 cm³/mol. The van der Waals surface area contributed by atoms with Gasteiger partial charge in [-0.15, -0.1) is 0 Å². The van der Waals surface area contributed by atoms with Crippen LogP contribution in [0.15, 0.2) is 22.6 Å². The van der Waals surface area contributed by atoms with Gasteiger partial charge in [0.1, 0.15) is 0 Å². The molecule has 5 rings (SSSR count). The van der Waals surface area contributed by atoms with Crippen molar-refractivity contribution in [2.75, 3.05) is 78.3 Å². The van der Waals surface area contributed by atoms with E-state index < -0.39 is 14.0 Å². The topological polar surface area (TPSA) is 123 Å². The lowest BCUT2D eigenvalue weighted by molar-refractivity contribution is 0.0990. The minimum Gasteiger partial charge on any atom is -0.493 e. The summed E-state index contributed by atoms with van der Waals surface area (Å²) in [5.41, 5.74) is 2.50. The standard InChI is InChI=1S/C32H46N6O6Si/c1-21-20-22-10-8-19-45(6,7)28(22)27(40-3)26(21)44-24-12-11-23(43-24)29(39)34-25-30(41-4)35-32(36-31(25)42-5)33-13-9-14-38-17-15-37(2)16-18-38/h11-12,20H,8-10,13-19H2,1-7H3,(H,34,39)(H,33,35,36). The first kappa shape index (κ1) is 32.6. The second-order valence-electron chi connectivity index (χ2n) is 12.4. The van der Waals surface area contributed by atoms with Gasteiger partial charge in [-0.3, -0.25) is 4.79 Å². The number of fused-ring (bicyclic) bond motifs is 1. The van der Waals surface area contributed by atoms with Crippen molar-refractivity contribution in [1.82, 2.24) is 19.8 Å². The molecule has 3 aromatic rings. The molecule has 0 bridgehead atoms. The molecule has 1 saturated heterocycles. The minimum atomic E-state index is -1.69. The summed E-state index contributed by atoms with van der Waals surface area (Å²) in [5, 5.41) is 7.32. The number of carbonyl (C=O) groups excluding carboxylic acids is 1. The molecule has 2 aliphatic rings. The minimum absolute atomic E-state index is 0.0458. The Morgan fingerprint density at radius 2 is 1.73 bits per heavy atom. The molecule has 0 radical (unpaired) electrons. The van der Waals surface area contributed by atoms with Crippen LogP contribution in [0.5, 0.6) is 29.2 Å². The lowest BCUT2D eigenvalue weighted by Crippen LogP contribution is -2.47. The first-order valence-corrected chi connectivity index (χ1v) is 18.8. The number of hydrogen-bond acceptors (Lipinski definition) is 11. The Balaban J connectivity index is 1.26. The van der Waals surface area contributed by atoms with E-state index in [-0.39, 0.29) is 29.2 Å². The van der Waals surface area contributed by atoms with Crippen molar-refractivity contribution in [1.29, 1.82) is 0 Å². The number of ether oxygens (including phenoxy) is 4. The molecule has 1 aromatic carbocycles. The van der Waals surface area contributed by atoms with Gasteiger partial charge in [0.15, 0.2) is 22.9 Å². The molecule has 0 unspecified atom stereocenters. The Bertz CT molecular complexity index is 1480. The zero-order valence-electron chi connectivity index (χ0n) is 27.5. The molecule has 0 aliphatic carbocycles. The fourth-order valence-corrected chi connectivity index (χ4v) is 9.40. The fraction of sp³-hybridized carbons (Fsp3) is 0.531. The zero-order chi connectivity index (χ0) is 32.1. The molecule has 2 aliphatic heterocycles. The molecule has 12 nitrogen and oxygen atoms in total. The Morgan fingerprint density at radius 1 is 1.02 bits per heavy atom. The van der Waals surface area contributed by atoms with Crippen LogP contribution in [-0.2, 0) is 6.42 Å².